The fourth-order valence-corrected chi connectivity index (χ4v) is 3.66. The molecule has 1 nitrogen and oxygen atoms in total. The zero-order chi connectivity index (χ0) is 17.8. The van der Waals surface area contributed by atoms with Crippen LogP contribution in [0.15, 0.2) is 48.5 Å². The fraction of sp³-hybridized carbons (Fsp3) is 0.368. The van der Waals surface area contributed by atoms with Gasteiger partial charge in [-0.15, -0.1) is 0 Å². The molecule has 0 saturated heterocycles. The van der Waals surface area contributed by atoms with E-state index in [1.807, 2.05) is 0 Å². The Labute approximate surface area is 142 Å². The van der Waals surface area contributed by atoms with Gasteiger partial charge < -0.3 is 5.32 Å². The highest BCUT2D eigenvalue weighted by atomic mass is 28.3. The van der Waals surface area contributed by atoms with Crippen LogP contribution in [0.2, 0.25) is 19.6 Å². The number of halogens is 3. The smallest absolute Gasteiger partial charge is 0.312 e. The highest BCUT2D eigenvalue weighted by molar-refractivity contribution is 6.88. The minimum Gasteiger partial charge on any atom is -0.312 e. The van der Waals surface area contributed by atoms with Crippen molar-refractivity contribution in [2.75, 3.05) is 6.54 Å². The fourth-order valence-electron chi connectivity index (χ4n) is 2.49. The number of benzene rings is 2. The minimum atomic E-state index is -4.28. The molecule has 130 valence electrons. The number of rotatable bonds is 6. The van der Waals surface area contributed by atoms with E-state index in [4.69, 9.17) is 0 Å². The van der Waals surface area contributed by atoms with Crippen molar-refractivity contribution in [3.05, 3.63) is 65.2 Å². The summed E-state index contributed by atoms with van der Waals surface area (Å²) in [7, 11) is -1.27. The van der Waals surface area contributed by atoms with Crippen molar-refractivity contribution in [2.45, 2.75) is 38.8 Å². The third-order valence-corrected chi connectivity index (χ3v) is 6.06. The molecule has 0 atom stereocenters. The van der Waals surface area contributed by atoms with Crippen LogP contribution in [0.5, 0.6) is 0 Å². The minimum absolute atomic E-state index is 0.580. The lowest BCUT2D eigenvalue weighted by Gasteiger charge is -2.16. The zero-order valence-electron chi connectivity index (χ0n) is 14.4. The third kappa shape index (κ3) is 5.49. The maximum Gasteiger partial charge on any atom is 0.416 e. The highest BCUT2D eigenvalue weighted by Crippen LogP contribution is 2.29. The molecule has 0 unspecified atom stereocenters. The van der Waals surface area contributed by atoms with Gasteiger partial charge in [0.15, 0.2) is 0 Å². The first kappa shape index (κ1) is 18.7. The van der Waals surface area contributed by atoms with Crippen LogP contribution in [0.4, 0.5) is 13.2 Å². The van der Waals surface area contributed by atoms with Crippen LogP contribution >= 0.6 is 0 Å². The Hall–Kier alpha value is -1.59. The summed E-state index contributed by atoms with van der Waals surface area (Å²) >= 11 is 0. The zero-order valence-corrected chi connectivity index (χ0v) is 15.4. The van der Waals surface area contributed by atoms with Crippen molar-refractivity contribution in [3.63, 3.8) is 0 Å². The Balaban J connectivity index is 1.83. The Morgan fingerprint density at radius 1 is 0.917 bits per heavy atom. The Kier molecular flexibility index (Phi) is 5.88. The molecule has 0 bridgehead atoms. The van der Waals surface area contributed by atoms with Gasteiger partial charge in [-0.2, -0.15) is 13.2 Å². The molecule has 1 N–H and O–H groups in total. The van der Waals surface area contributed by atoms with E-state index in [-0.39, 0.29) is 0 Å². The lowest BCUT2D eigenvalue weighted by molar-refractivity contribution is -0.137. The monoisotopic (exact) mass is 351 g/mol. The predicted octanol–water partition coefficient (Wildman–Crippen LogP) is 4.58. The second kappa shape index (κ2) is 7.53. The number of alkyl halides is 3. The molecule has 0 aliphatic rings. The highest BCUT2D eigenvalue weighted by Gasteiger charge is 2.30. The maximum atomic E-state index is 12.7. The predicted molar refractivity (Wildman–Crippen MR) is 96.3 cm³/mol. The summed E-state index contributed by atoms with van der Waals surface area (Å²) in [6.07, 6.45) is -3.70. The van der Waals surface area contributed by atoms with E-state index in [0.717, 1.165) is 12.6 Å². The molecular weight excluding hydrogens is 327 g/mol. The van der Waals surface area contributed by atoms with Gasteiger partial charge in [0.05, 0.1) is 13.6 Å². The first-order valence-electron chi connectivity index (χ1n) is 8.12. The lowest BCUT2D eigenvalue weighted by Crippen LogP contribution is -2.37. The molecule has 0 aliphatic carbocycles. The number of hydrogen-bond donors (Lipinski definition) is 1. The molecule has 2 aromatic carbocycles. The molecule has 5 heteroatoms. The van der Waals surface area contributed by atoms with E-state index in [1.165, 1.54) is 22.9 Å². The second-order valence-corrected chi connectivity index (χ2v) is 12.1. The van der Waals surface area contributed by atoms with Crippen LogP contribution in [0.3, 0.4) is 0 Å². The first-order chi connectivity index (χ1) is 11.2. The van der Waals surface area contributed by atoms with Gasteiger partial charge in [-0.1, -0.05) is 67.3 Å². The van der Waals surface area contributed by atoms with Gasteiger partial charge in [0.2, 0.25) is 0 Å². The summed E-state index contributed by atoms with van der Waals surface area (Å²) in [6, 6.07) is 14.2. The summed E-state index contributed by atoms with van der Waals surface area (Å²) in [4.78, 5) is 0. The van der Waals surface area contributed by atoms with Crippen molar-refractivity contribution in [1.29, 1.82) is 0 Å². The molecule has 2 aromatic rings. The Bertz CT molecular complexity index is 658. The van der Waals surface area contributed by atoms with Gasteiger partial charge in [-0.05, 0) is 30.2 Å². The van der Waals surface area contributed by atoms with Crippen LogP contribution in [0, 0.1) is 0 Å². The molecule has 0 spiro atoms. The van der Waals surface area contributed by atoms with E-state index >= 15 is 0 Å². The van der Waals surface area contributed by atoms with Gasteiger partial charge in [0, 0.05) is 6.54 Å². The van der Waals surface area contributed by atoms with E-state index in [1.54, 1.807) is 6.07 Å². The van der Waals surface area contributed by atoms with Crippen LogP contribution in [0.25, 0.3) is 0 Å². The summed E-state index contributed by atoms with van der Waals surface area (Å²) in [5, 5.41) is 4.72. The number of nitrogens with one attached hydrogen (secondary N) is 1. The van der Waals surface area contributed by atoms with Crippen LogP contribution in [-0.4, -0.2) is 14.6 Å². The maximum absolute atomic E-state index is 12.7. The molecule has 0 amide bonds. The van der Waals surface area contributed by atoms with Crippen molar-refractivity contribution in [2.24, 2.45) is 0 Å². The molecule has 0 radical (unpaired) electrons. The van der Waals surface area contributed by atoms with E-state index in [2.05, 4.69) is 49.2 Å². The van der Waals surface area contributed by atoms with E-state index in [0.29, 0.717) is 18.5 Å². The van der Waals surface area contributed by atoms with Gasteiger partial charge in [-0.3, -0.25) is 0 Å². The van der Waals surface area contributed by atoms with E-state index < -0.39 is 19.8 Å². The topological polar surface area (TPSA) is 12.0 Å². The third-order valence-electron chi connectivity index (χ3n) is 3.99. The van der Waals surface area contributed by atoms with Crippen LogP contribution < -0.4 is 10.5 Å². The van der Waals surface area contributed by atoms with Gasteiger partial charge >= 0.3 is 6.18 Å². The molecular formula is C19H24F3NSi. The Morgan fingerprint density at radius 2 is 1.58 bits per heavy atom. The molecule has 0 saturated carbocycles. The molecule has 24 heavy (non-hydrogen) atoms. The molecule has 0 heterocycles. The molecule has 0 aliphatic heterocycles. The average molecular weight is 351 g/mol. The summed E-state index contributed by atoms with van der Waals surface area (Å²) < 4.78 is 38.0. The first-order valence-corrected chi connectivity index (χ1v) is 11.6. The molecule has 0 fully saturated rings. The lowest BCUT2D eigenvalue weighted by atomic mass is 10.1. The summed E-state index contributed by atoms with van der Waals surface area (Å²) in [6.45, 7) is 8.32. The van der Waals surface area contributed by atoms with Gasteiger partial charge in [0.25, 0.3) is 0 Å². The summed E-state index contributed by atoms with van der Waals surface area (Å²) in [5.41, 5.74) is 1.31. The molecule has 2 rings (SSSR count). The average Bonchev–Trinajstić information content (AvgIpc) is 2.51. The summed E-state index contributed by atoms with van der Waals surface area (Å²) in [5.74, 6) is 0. The van der Waals surface area contributed by atoms with Crippen molar-refractivity contribution in [1.82, 2.24) is 5.32 Å². The Morgan fingerprint density at radius 3 is 2.17 bits per heavy atom. The quantitative estimate of drug-likeness (QED) is 0.593. The van der Waals surface area contributed by atoms with Crippen molar-refractivity contribution < 1.29 is 13.2 Å². The number of hydrogen-bond acceptors (Lipinski definition) is 1. The van der Waals surface area contributed by atoms with Crippen LogP contribution in [0.1, 0.15) is 16.7 Å². The van der Waals surface area contributed by atoms with Gasteiger partial charge in [-0.25, -0.2) is 0 Å². The second-order valence-electron chi connectivity index (χ2n) is 7.07. The van der Waals surface area contributed by atoms with E-state index in [9.17, 15) is 13.2 Å². The largest absolute Gasteiger partial charge is 0.416 e. The standard InChI is InChI=1S/C19H24F3NSi/c1-24(2,3)18-9-7-16(8-10-18)14-23-12-11-15-5-4-6-17(13-15)19(20,21)22/h4-10,13,23H,11-12,14H2,1-3H3. The SMILES string of the molecule is C[Si](C)(C)c1ccc(CNCCc2cccc(C(F)(F)F)c2)cc1. The van der Waals surface area contributed by atoms with Crippen LogP contribution in [-0.2, 0) is 19.1 Å². The normalized spacial score (nSPS) is 12.4. The van der Waals surface area contributed by atoms with Crippen molar-refractivity contribution >= 4 is 13.3 Å². The molecule has 0 aromatic heterocycles. The van der Waals surface area contributed by atoms with Crippen molar-refractivity contribution in [3.8, 4) is 0 Å². The van der Waals surface area contributed by atoms with Gasteiger partial charge in [0.1, 0.15) is 0 Å².